The summed E-state index contributed by atoms with van der Waals surface area (Å²) in [6.07, 6.45) is 1.22. The van der Waals surface area contributed by atoms with Crippen LogP contribution in [0.5, 0.6) is 0 Å². The van der Waals surface area contributed by atoms with Gasteiger partial charge >= 0.3 is 0 Å². The minimum atomic E-state index is -4.06. The van der Waals surface area contributed by atoms with Crippen molar-refractivity contribution in [1.29, 1.82) is 0 Å². The second kappa shape index (κ2) is 5.22. The van der Waals surface area contributed by atoms with E-state index in [2.05, 4.69) is 19.9 Å². The number of rotatable bonds is 5. The summed E-state index contributed by atoms with van der Waals surface area (Å²) in [5.41, 5.74) is 4.93. The van der Waals surface area contributed by atoms with E-state index in [0.29, 0.717) is 0 Å². The van der Waals surface area contributed by atoms with Gasteiger partial charge in [0.1, 0.15) is 12.2 Å². The number of nitrogens with one attached hydrogen (secondary N) is 2. The monoisotopic (exact) mass is 298 g/mol. The SMILES string of the molecule is Nc1ccc(S(=O)(=O)NCc2ncn[nH]2)c([N+](=O)[O-])c1. The molecule has 0 radical (unpaired) electrons. The zero-order valence-corrected chi connectivity index (χ0v) is 10.8. The number of hydrogen-bond acceptors (Lipinski definition) is 7. The van der Waals surface area contributed by atoms with Gasteiger partial charge in [-0.3, -0.25) is 15.2 Å². The van der Waals surface area contributed by atoms with Crippen LogP contribution in [0, 0.1) is 10.1 Å². The predicted octanol–water partition coefficient (Wildman–Crippen LogP) is -0.226. The Labute approximate surface area is 113 Å². The van der Waals surface area contributed by atoms with Crippen LogP contribution in [0.2, 0.25) is 0 Å². The lowest BCUT2D eigenvalue weighted by atomic mass is 10.3. The number of anilines is 1. The third-order valence-corrected chi connectivity index (χ3v) is 3.81. The van der Waals surface area contributed by atoms with Gasteiger partial charge in [0.25, 0.3) is 5.69 Å². The zero-order chi connectivity index (χ0) is 14.8. The maximum absolute atomic E-state index is 12.0. The lowest BCUT2D eigenvalue weighted by molar-refractivity contribution is -0.387. The van der Waals surface area contributed by atoms with Crippen molar-refractivity contribution in [3.05, 3.63) is 40.5 Å². The average Bonchev–Trinajstić information content (AvgIpc) is 2.89. The van der Waals surface area contributed by atoms with Gasteiger partial charge in [-0.05, 0) is 12.1 Å². The number of aromatic nitrogens is 3. The molecule has 0 bridgehead atoms. The highest BCUT2D eigenvalue weighted by Gasteiger charge is 2.25. The number of nitro groups is 1. The van der Waals surface area contributed by atoms with Crippen LogP contribution in [-0.4, -0.2) is 28.5 Å². The molecule has 0 saturated heterocycles. The molecule has 10 nitrogen and oxygen atoms in total. The first-order valence-electron chi connectivity index (χ1n) is 5.28. The summed E-state index contributed by atoms with van der Waals surface area (Å²) in [7, 11) is -4.06. The zero-order valence-electron chi connectivity index (χ0n) is 9.98. The number of benzene rings is 1. The molecule has 2 rings (SSSR count). The molecule has 20 heavy (non-hydrogen) atoms. The summed E-state index contributed by atoms with van der Waals surface area (Å²) in [5, 5.41) is 16.9. The first-order chi connectivity index (χ1) is 9.40. The summed E-state index contributed by atoms with van der Waals surface area (Å²) in [4.78, 5) is 13.4. The van der Waals surface area contributed by atoms with Crippen LogP contribution in [0.4, 0.5) is 11.4 Å². The Hall–Kier alpha value is -2.53. The van der Waals surface area contributed by atoms with E-state index in [0.717, 1.165) is 12.1 Å². The molecule has 1 heterocycles. The van der Waals surface area contributed by atoms with Gasteiger partial charge in [-0.15, -0.1) is 0 Å². The van der Waals surface area contributed by atoms with Crippen molar-refractivity contribution in [2.24, 2.45) is 0 Å². The van der Waals surface area contributed by atoms with Gasteiger partial charge in [-0.2, -0.15) is 5.10 Å². The lowest BCUT2D eigenvalue weighted by Gasteiger charge is -2.06. The molecule has 2 aromatic rings. The summed E-state index contributed by atoms with van der Waals surface area (Å²) in [6.45, 7) is -0.163. The second-order valence-corrected chi connectivity index (χ2v) is 5.48. The van der Waals surface area contributed by atoms with Crippen LogP contribution in [0.15, 0.2) is 29.4 Å². The van der Waals surface area contributed by atoms with Gasteiger partial charge in [-0.1, -0.05) is 0 Å². The number of nitrogen functional groups attached to an aromatic ring is 1. The molecule has 0 aliphatic carbocycles. The van der Waals surface area contributed by atoms with Gasteiger partial charge in [0.05, 0.1) is 11.5 Å². The average molecular weight is 298 g/mol. The van der Waals surface area contributed by atoms with Crippen molar-refractivity contribution in [3.8, 4) is 0 Å². The van der Waals surface area contributed by atoms with Crippen molar-refractivity contribution < 1.29 is 13.3 Å². The Bertz CT molecular complexity index is 727. The lowest BCUT2D eigenvalue weighted by Crippen LogP contribution is -2.24. The standard InChI is InChI=1S/C9H10N6O4S/c10-6-1-2-8(7(3-6)15(16)17)20(18,19)13-4-9-11-5-12-14-9/h1-3,5,13H,4,10H2,(H,11,12,14). The van der Waals surface area contributed by atoms with Crippen molar-refractivity contribution in [1.82, 2.24) is 19.9 Å². The molecular formula is C9H10N6O4S. The largest absolute Gasteiger partial charge is 0.399 e. The first kappa shape index (κ1) is 13.9. The second-order valence-electron chi connectivity index (χ2n) is 3.74. The Balaban J connectivity index is 2.31. The Morgan fingerprint density at radius 3 is 2.80 bits per heavy atom. The molecule has 0 fully saturated rings. The van der Waals surface area contributed by atoms with E-state index in [4.69, 9.17) is 5.73 Å². The van der Waals surface area contributed by atoms with E-state index >= 15 is 0 Å². The van der Waals surface area contributed by atoms with E-state index < -0.39 is 25.5 Å². The molecule has 0 spiro atoms. The minimum Gasteiger partial charge on any atom is -0.399 e. The predicted molar refractivity (Wildman–Crippen MR) is 67.9 cm³/mol. The molecule has 4 N–H and O–H groups in total. The van der Waals surface area contributed by atoms with E-state index in [-0.39, 0.29) is 18.1 Å². The van der Waals surface area contributed by atoms with Gasteiger partial charge in [0.15, 0.2) is 4.90 Å². The van der Waals surface area contributed by atoms with E-state index in [1.165, 1.54) is 12.4 Å². The molecule has 11 heteroatoms. The Morgan fingerprint density at radius 2 is 2.20 bits per heavy atom. The molecule has 0 atom stereocenters. The topological polar surface area (TPSA) is 157 Å². The van der Waals surface area contributed by atoms with Crippen LogP contribution < -0.4 is 10.5 Å². The molecule has 0 amide bonds. The third-order valence-electron chi connectivity index (χ3n) is 2.36. The summed E-state index contributed by atoms with van der Waals surface area (Å²) >= 11 is 0. The van der Waals surface area contributed by atoms with E-state index in [1.54, 1.807) is 0 Å². The molecule has 0 aliphatic rings. The fourth-order valence-corrected chi connectivity index (χ4v) is 2.60. The normalized spacial score (nSPS) is 11.4. The van der Waals surface area contributed by atoms with Crippen LogP contribution in [0.25, 0.3) is 0 Å². The third kappa shape index (κ3) is 2.89. The minimum absolute atomic E-state index is 0.103. The molecular weight excluding hydrogens is 288 g/mol. The molecule has 106 valence electrons. The number of aromatic amines is 1. The fourth-order valence-electron chi connectivity index (χ4n) is 1.46. The maximum Gasteiger partial charge on any atom is 0.291 e. The number of sulfonamides is 1. The van der Waals surface area contributed by atoms with Crippen molar-refractivity contribution in [2.75, 3.05) is 5.73 Å². The number of hydrogen-bond donors (Lipinski definition) is 3. The smallest absolute Gasteiger partial charge is 0.291 e. The highest BCUT2D eigenvalue weighted by atomic mass is 32.2. The first-order valence-corrected chi connectivity index (χ1v) is 6.76. The highest BCUT2D eigenvalue weighted by molar-refractivity contribution is 7.89. The van der Waals surface area contributed by atoms with Crippen LogP contribution in [0.1, 0.15) is 5.82 Å². The van der Waals surface area contributed by atoms with Gasteiger partial charge in [0, 0.05) is 11.8 Å². The van der Waals surface area contributed by atoms with Crippen molar-refractivity contribution in [3.63, 3.8) is 0 Å². The molecule has 0 saturated carbocycles. The van der Waals surface area contributed by atoms with Gasteiger partial charge in [0.2, 0.25) is 10.0 Å². The Morgan fingerprint density at radius 1 is 1.45 bits per heavy atom. The van der Waals surface area contributed by atoms with Gasteiger partial charge in [-0.25, -0.2) is 18.1 Å². The molecule has 1 aromatic carbocycles. The molecule has 1 aromatic heterocycles. The number of H-pyrrole nitrogens is 1. The van der Waals surface area contributed by atoms with E-state index in [9.17, 15) is 18.5 Å². The number of nitro benzene ring substituents is 1. The van der Waals surface area contributed by atoms with Crippen molar-refractivity contribution in [2.45, 2.75) is 11.4 Å². The maximum atomic E-state index is 12.0. The summed E-state index contributed by atoms with van der Waals surface area (Å²) in [6, 6.07) is 3.34. The van der Waals surface area contributed by atoms with Crippen LogP contribution >= 0.6 is 0 Å². The highest BCUT2D eigenvalue weighted by Crippen LogP contribution is 2.25. The van der Waals surface area contributed by atoms with E-state index in [1.807, 2.05) is 0 Å². The Kier molecular flexibility index (Phi) is 3.63. The van der Waals surface area contributed by atoms with Crippen LogP contribution in [-0.2, 0) is 16.6 Å². The molecule has 0 unspecified atom stereocenters. The van der Waals surface area contributed by atoms with Crippen molar-refractivity contribution >= 4 is 21.4 Å². The molecule has 0 aliphatic heterocycles. The fraction of sp³-hybridized carbons (Fsp3) is 0.111. The number of nitrogens with zero attached hydrogens (tertiary/aromatic N) is 3. The quantitative estimate of drug-likeness (QED) is 0.391. The summed E-state index contributed by atoms with van der Waals surface area (Å²) in [5.74, 6) is 0.284. The summed E-state index contributed by atoms with van der Waals surface area (Å²) < 4.78 is 26.3. The van der Waals surface area contributed by atoms with Crippen LogP contribution in [0.3, 0.4) is 0 Å². The number of nitrogens with two attached hydrogens (primary N) is 1. The van der Waals surface area contributed by atoms with Gasteiger partial charge < -0.3 is 5.73 Å².